The highest BCUT2D eigenvalue weighted by Gasteiger charge is 2.20. The van der Waals surface area contributed by atoms with E-state index in [1.807, 2.05) is 6.07 Å². The summed E-state index contributed by atoms with van der Waals surface area (Å²) >= 11 is 0. The maximum absolute atomic E-state index is 11.5. The molecule has 0 aromatic heterocycles. The molecule has 0 bridgehead atoms. The van der Waals surface area contributed by atoms with E-state index in [2.05, 4.69) is 33.0 Å². The molecule has 116 valence electrons. The number of hydrogen-bond acceptors (Lipinski definition) is 5. The quantitative estimate of drug-likeness (QED) is 0.361. The summed E-state index contributed by atoms with van der Waals surface area (Å²) in [7, 11) is 1.29. The van der Waals surface area contributed by atoms with Crippen LogP contribution in [-0.4, -0.2) is 26.2 Å². The van der Waals surface area contributed by atoms with Crippen molar-refractivity contribution >= 4 is 12.4 Å². The fourth-order valence-corrected chi connectivity index (χ4v) is 2.50. The van der Waals surface area contributed by atoms with Gasteiger partial charge in [-0.15, -0.1) is 0 Å². The number of methoxy groups -OCH3 is 1. The minimum Gasteiger partial charge on any atom is -0.466 e. The highest BCUT2D eigenvalue weighted by molar-refractivity contribution is 5.89. The molecule has 1 aliphatic rings. The van der Waals surface area contributed by atoms with E-state index in [4.69, 9.17) is 0 Å². The molecule has 1 aromatic carbocycles. The minimum atomic E-state index is -0.516. The average Bonchev–Trinajstić information content (AvgIpc) is 2.97. The number of nitrogens with one attached hydrogen (secondary N) is 1. The molecule has 2 rings (SSSR count). The predicted molar refractivity (Wildman–Crippen MR) is 81.9 cm³/mol. The van der Waals surface area contributed by atoms with Gasteiger partial charge in [-0.05, 0) is 42.3 Å². The highest BCUT2D eigenvalue weighted by atomic mass is 16.5. The standard InChI is InChI=1S/C17H19NO4/c1-21-17(20)14(11-22-12-19)6-4-10-18-16-9-8-13-5-2-3-7-15(13)16/h2-7,10,12,16,18H,8-9,11H2,1H3/b10-4+,14-6+. The molecule has 0 heterocycles. The molecule has 5 nitrogen and oxygen atoms in total. The summed E-state index contributed by atoms with van der Waals surface area (Å²) in [5.74, 6) is -0.516. The monoisotopic (exact) mass is 301 g/mol. The van der Waals surface area contributed by atoms with E-state index in [-0.39, 0.29) is 18.2 Å². The van der Waals surface area contributed by atoms with E-state index in [1.54, 1.807) is 18.4 Å². The van der Waals surface area contributed by atoms with E-state index in [9.17, 15) is 9.59 Å². The molecule has 1 aromatic rings. The summed E-state index contributed by atoms with van der Waals surface area (Å²) in [6.45, 7) is 0.195. The van der Waals surface area contributed by atoms with Crippen LogP contribution in [0.5, 0.6) is 0 Å². The highest BCUT2D eigenvalue weighted by Crippen LogP contribution is 2.30. The summed E-state index contributed by atoms with van der Waals surface area (Å²) in [6.07, 6.45) is 7.19. The maximum atomic E-state index is 11.5. The van der Waals surface area contributed by atoms with Crippen LogP contribution in [-0.2, 0) is 25.5 Å². The largest absolute Gasteiger partial charge is 0.466 e. The lowest BCUT2D eigenvalue weighted by atomic mass is 10.1. The number of benzene rings is 1. The van der Waals surface area contributed by atoms with Crippen molar-refractivity contribution < 1.29 is 19.1 Å². The molecule has 0 spiro atoms. The first-order valence-electron chi connectivity index (χ1n) is 7.09. The van der Waals surface area contributed by atoms with Gasteiger partial charge >= 0.3 is 5.97 Å². The lowest BCUT2D eigenvalue weighted by Gasteiger charge is -2.11. The van der Waals surface area contributed by atoms with Crippen LogP contribution in [0.15, 0.2) is 48.2 Å². The first-order valence-corrected chi connectivity index (χ1v) is 7.09. The lowest BCUT2D eigenvalue weighted by Crippen LogP contribution is -2.12. The third kappa shape index (κ3) is 3.97. The van der Waals surface area contributed by atoms with Gasteiger partial charge in [-0.2, -0.15) is 0 Å². The number of fused-ring (bicyclic) bond motifs is 1. The van der Waals surface area contributed by atoms with Crippen LogP contribution in [0, 0.1) is 0 Å². The second-order valence-corrected chi connectivity index (χ2v) is 4.91. The molecular weight excluding hydrogens is 282 g/mol. The minimum absolute atomic E-state index is 0.104. The van der Waals surface area contributed by atoms with Crippen molar-refractivity contribution in [3.8, 4) is 0 Å². The second-order valence-electron chi connectivity index (χ2n) is 4.91. The van der Waals surface area contributed by atoms with Crippen molar-refractivity contribution in [2.75, 3.05) is 13.7 Å². The average molecular weight is 301 g/mol. The number of ether oxygens (including phenoxy) is 2. The number of hydrogen-bond donors (Lipinski definition) is 1. The zero-order chi connectivity index (χ0) is 15.8. The van der Waals surface area contributed by atoms with Gasteiger partial charge in [0.2, 0.25) is 0 Å². The van der Waals surface area contributed by atoms with E-state index in [0.717, 1.165) is 12.8 Å². The third-order valence-corrected chi connectivity index (χ3v) is 3.58. The summed E-state index contributed by atoms with van der Waals surface area (Å²) in [4.78, 5) is 21.7. The summed E-state index contributed by atoms with van der Waals surface area (Å²) in [5.41, 5.74) is 2.96. The molecule has 0 radical (unpaired) electrons. The Labute approximate surface area is 129 Å². The molecule has 0 saturated heterocycles. The molecule has 1 atom stereocenters. The lowest BCUT2D eigenvalue weighted by molar-refractivity contribution is -0.137. The van der Waals surface area contributed by atoms with Crippen LogP contribution >= 0.6 is 0 Å². The fourth-order valence-electron chi connectivity index (χ4n) is 2.50. The van der Waals surface area contributed by atoms with Crippen molar-refractivity contribution in [1.29, 1.82) is 0 Å². The molecule has 0 aliphatic heterocycles. The Hall–Kier alpha value is -2.56. The first-order chi connectivity index (χ1) is 10.8. The number of carbonyl (C=O) groups is 2. The summed E-state index contributed by atoms with van der Waals surface area (Å²) < 4.78 is 9.22. The Kier molecular flexibility index (Phi) is 5.77. The van der Waals surface area contributed by atoms with Gasteiger partial charge in [0.25, 0.3) is 6.47 Å². The Bertz CT molecular complexity index is 592. The van der Waals surface area contributed by atoms with Gasteiger partial charge in [0, 0.05) is 0 Å². The van der Waals surface area contributed by atoms with Crippen LogP contribution in [0.3, 0.4) is 0 Å². The molecule has 1 N–H and O–H groups in total. The first kappa shape index (κ1) is 15.8. The second kappa shape index (κ2) is 8.02. The van der Waals surface area contributed by atoms with Gasteiger partial charge in [-0.1, -0.05) is 24.3 Å². The van der Waals surface area contributed by atoms with Crippen LogP contribution < -0.4 is 5.32 Å². The summed E-state index contributed by atoms with van der Waals surface area (Å²) in [6, 6.07) is 8.65. The van der Waals surface area contributed by atoms with E-state index < -0.39 is 5.97 Å². The van der Waals surface area contributed by atoms with Crippen molar-refractivity contribution in [2.24, 2.45) is 0 Å². The van der Waals surface area contributed by atoms with Gasteiger partial charge in [0.05, 0.1) is 18.7 Å². The molecule has 5 heteroatoms. The summed E-state index contributed by atoms with van der Waals surface area (Å²) in [5, 5.41) is 3.32. The van der Waals surface area contributed by atoms with Gasteiger partial charge in [-0.25, -0.2) is 4.79 Å². The van der Waals surface area contributed by atoms with E-state index >= 15 is 0 Å². The van der Waals surface area contributed by atoms with Gasteiger partial charge < -0.3 is 14.8 Å². The van der Waals surface area contributed by atoms with Gasteiger partial charge in [0.15, 0.2) is 0 Å². The van der Waals surface area contributed by atoms with Crippen molar-refractivity contribution in [1.82, 2.24) is 5.32 Å². The van der Waals surface area contributed by atoms with Gasteiger partial charge in [-0.3, -0.25) is 4.79 Å². The van der Waals surface area contributed by atoms with Crippen molar-refractivity contribution in [3.63, 3.8) is 0 Å². The number of carbonyl (C=O) groups excluding carboxylic acids is 2. The molecule has 1 aliphatic carbocycles. The van der Waals surface area contributed by atoms with Crippen molar-refractivity contribution in [3.05, 3.63) is 59.3 Å². The van der Waals surface area contributed by atoms with E-state index in [0.29, 0.717) is 6.47 Å². The van der Waals surface area contributed by atoms with Crippen LogP contribution in [0.25, 0.3) is 0 Å². The van der Waals surface area contributed by atoms with Crippen molar-refractivity contribution in [2.45, 2.75) is 18.9 Å². The Balaban J connectivity index is 1.95. The molecule has 0 fully saturated rings. The van der Waals surface area contributed by atoms with Gasteiger partial charge in [0.1, 0.15) is 6.61 Å². The molecular formula is C17H19NO4. The normalized spacial score (nSPS) is 17.1. The maximum Gasteiger partial charge on any atom is 0.337 e. The smallest absolute Gasteiger partial charge is 0.337 e. The molecule has 0 amide bonds. The zero-order valence-corrected chi connectivity index (χ0v) is 12.5. The molecule has 0 saturated carbocycles. The molecule has 22 heavy (non-hydrogen) atoms. The number of allylic oxidation sites excluding steroid dienone is 2. The van der Waals surface area contributed by atoms with Crippen LogP contribution in [0.4, 0.5) is 0 Å². The number of rotatable bonds is 7. The van der Waals surface area contributed by atoms with E-state index in [1.165, 1.54) is 18.2 Å². The Morgan fingerprint density at radius 3 is 3.00 bits per heavy atom. The Morgan fingerprint density at radius 2 is 2.23 bits per heavy atom. The third-order valence-electron chi connectivity index (χ3n) is 3.58. The fraction of sp³-hybridized carbons (Fsp3) is 0.294. The number of aryl methyl sites for hydroxylation is 1. The molecule has 1 unspecified atom stereocenters. The number of esters is 1. The SMILES string of the molecule is COC(=O)/C(=C/C=C/NC1CCc2ccccc21)COC=O. The predicted octanol–water partition coefficient (Wildman–Crippen LogP) is 2.05. The van der Waals surface area contributed by atoms with Crippen LogP contribution in [0.2, 0.25) is 0 Å². The van der Waals surface area contributed by atoms with Crippen LogP contribution in [0.1, 0.15) is 23.6 Å². The Morgan fingerprint density at radius 1 is 1.41 bits per heavy atom. The zero-order valence-electron chi connectivity index (χ0n) is 12.5. The topological polar surface area (TPSA) is 64.6 Å².